The predicted molar refractivity (Wildman–Crippen MR) is 160 cm³/mol. The van der Waals surface area contributed by atoms with E-state index in [0.29, 0.717) is 17.8 Å². The van der Waals surface area contributed by atoms with Crippen molar-refractivity contribution in [2.75, 3.05) is 62.7 Å². The van der Waals surface area contributed by atoms with Crippen molar-refractivity contribution in [2.45, 2.75) is 12.5 Å². The van der Waals surface area contributed by atoms with Gasteiger partial charge in [-0.1, -0.05) is 7.92 Å². The van der Waals surface area contributed by atoms with E-state index >= 15 is 0 Å². The lowest BCUT2D eigenvalue weighted by Crippen LogP contribution is -2.57. The van der Waals surface area contributed by atoms with E-state index in [2.05, 4.69) is 83.8 Å². The number of nitrogens with zero attached hydrogens (tertiary/aromatic N) is 6. The van der Waals surface area contributed by atoms with Crippen LogP contribution in [0.3, 0.4) is 0 Å². The molecule has 2 aromatic heterocycles. The second kappa shape index (κ2) is 10.2. The molecule has 0 saturated carbocycles. The van der Waals surface area contributed by atoms with Crippen LogP contribution in [0.25, 0.3) is 11.0 Å². The summed E-state index contributed by atoms with van der Waals surface area (Å²) in [6, 6.07) is 8.93. The van der Waals surface area contributed by atoms with Crippen LogP contribution in [0.1, 0.15) is 5.56 Å². The van der Waals surface area contributed by atoms with Crippen LogP contribution in [-0.2, 0) is 6.42 Å². The highest BCUT2D eigenvalue weighted by Crippen LogP contribution is 2.40. The first-order chi connectivity index (χ1) is 18.4. The highest BCUT2D eigenvalue weighted by Gasteiger charge is 2.34. The zero-order chi connectivity index (χ0) is 26.4. The molecular formula is C27H30BrN8OP. The van der Waals surface area contributed by atoms with Gasteiger partial charge in [-0.05, 0) is 66.5 Å². The minimum absolute atomic E-state index is 0.450. The third-order valence-corrected chi connectivity index (χ3v) is 9.05. The Bertz CT molecular complexity index is 1510. The van der Waals surface area contributed by atoms with Crippen molar-refractivity contribution in [1.29, 1.82) is 0 Å². The average molecular weight is 593 g/mol. The number of ether oxygens (including phenoxy) is 1. The van der Waals surface area contributed by atoms with Crippen LogP contribution in [0.4, 0.5) is 28.8 Å². The molecule has 4 aromatic rings. The molecule has 2 aliphatic heterocycles. The van der Waals surface area contributed by atoms with E-state index in [-0.39, 0.29) is 0 Å². The summed E-state index contributed by atoms with van der Waals surface area (Å²) >= 11 is 3.62. The van der Waals surface area contributed by atoms with Crippen molar-refractivity contribution in [3.63, 3.8) is 0 Å². The second-order valence-electron chi connectivity index (χ2n) is 9.92. The maximum absolute atomic E-state index is 5.79. The highest BCUT2D eigenvalue weighted by atomic mass is 79.9. The van der Waals surface area contributed by atoms with Gasteiger partial charge in [0, 0.05) is 61.0 Å². The molecule has 6 rings (SSSR count). The van der Waals surface area contributed by atoms with Crippen LogP contribution in [0.5, 0.6) is 5.75 Å². The monoisotopic (exact) mass is 592 g/mol. The topological polar surface area (TPSA) is 91.3 Å². The molecule has 0 amide bonds. The number of nitrogens with one attached hydrogen (secondary N) is 2. The molecule has 0 unspecified atom stereocenters. The van der Waals surface area contributed by atoms with E-state index < -0.39 is 7.92 Å². The van der Waals surface area contributed by atoms with Gasteiger partial charge in [-0.25, -0.2) is 4.98 Å². The van der Waals surface area contributed by atoms with Crippen LogP contribution in [-0.4, -0.2) is 78.0 Å². The Labute approximate surface area is 231 Å². The normalized spacial score (nSPS) is 15.6. The number of fused-ring (bicyclic) bond motifs is 2. The smallest absolute Gasteiger partial charge is 0.229 e. The molecule has 2 aromatic carbocycles. The van der Waals surface area contributed by atoms with Gasteiger partial charge in [0.05, 0.1) is 34.3 Å². The van der Waals surface area contributed by atoms with E-state index in [4.69, 9.17) is 9.72 Å². The zero-order valence-electron chi connectivity index (χ0n) is 21.9. The van der Waals surface area contributed by atoms with Crippen molar-refractivity contribution in [2.24, 2.45) is 0 Å². The van der Waals surface area contributed by atoms with Gasteiger partial charge in [-0.3, -0.25) is 9.97 Å². The fourth-order valence-corrected chi connectivity index (χ4v) is 6.79. The molecule has 196 valence electrons. The number of likely N-dealkylation sites (tertiary alicyclic amines) is 1. The number of hydrogen-bond acceptors (Lipinski definition) is 9. The van der Waals surface area contributed by atoms with Gasteiger partial charge in [-0.15, -0.1) is 0 Å². The number of methoxy groups -OCH3 is 1. The van der Waals surface area contributed by atoms with Gasteiger partial charge in [0.25, 0.3) is 0 Å². The summed E-state index contributed by atoms with van der Waals surface area (Å²) in [5, 5.41) is 8.07. The van der Waals surface area contributed by atoms with Gasteiger partial charge in [0.2, 0.25) is 5.95 Å². The molecule has 0 spiro atoms. The molecule has 2 N–H and O–H groups in total. The first kappa shape index (κ1) is 25.2. The standard InChI is InChI=1S/C27H30BrN8OP/c1-35-14-17(15-35)36-10-7-16-11-21(23(37-2)12-22(16)36)33-27-31-13-18(28)26(34-27)32-20-6-5-19-24(25(20)38(3)4)30-9-8-29-19/h5-6,8-9,11-13,17H,7,10,14-15H2,1-4H3,(H2,31,32,33,34). The van der Waals surface area contributed by atoms with Crippen LogP contribution in [0.2, 0.25) is 0 Å². The van der Waals surface area contributed by atoms with E-state index in [1.165, 1.54) is 11.3 Å². The third-order valence-electron chi connectivity index (χ3n) is 7.12. The first-order valence-corrected chi connectivity index (χ1v) is 15.6. The van der Waals surface area contributed by atoms with E-state index in [9.17, 15) is 0 Å². The van der Waals surface area contributed by atoms with Gasteiger partial charge in [0.1, 0.15) is 11.6 Å². The Morgan fingerprint density at radius 1 is 1.05 bits per heavy atom. The molecule has 2 aliphatic rings. The number of likely N-dealkylation sites (N-methyl/N-ethyl adjacent to an activating group) is 1. The van der Waals surface area contributed by atoms with Gasteiger partial charge < -0.3 is 25.2 Å². The van der Waals surface area contributed by atoms with Gasteiger partial charge >= 0.3 is 0 Å². The van der Waals surface area contributed by atoms with Crippen LogP contribution in [0, 0.1) is 0 Å². The Morgan fingerprint density at radius 3 is 2.63 bits per heavy atom. The molecule has 9 nitrogen and oxygen atoms in total. The first-order valence-electron chi connectivity index (χ1n) is 12.5. The van der Waals surface area contributed by atoms with Crippen LogP contribution in [0.15, 0.2) is 47.3 Å². The van der Waals surface area contributed by atoms with Crippen LogP contribution >= 0.6 is 23.9 Å². The lowest BCUT2D eigenvalue weighted by atomic mass is 10.1. The molecule has 1 fully saturated rings. The minimum Gasteiger partial charge on any atom is -0.494 e. The Balaban J connectivity index is 1.29. The van der Waals surface area contributed by atoms with Crippen molar-refractivity contribution >= 4 is 69.0 Å². The molecule has 0 atom stereocenters. The minimum atomic E-state index is -0.450. The summed E-state index contributed by atoms with van der Waals surface area (Å²) in [4.78, 5) is 23.3. The molecule has 0 bridgehead atoms. The molecular weight excluding hydrogens is 563 g/mol. The predicted octanol–water partition coefficient (Wildman–Crippen LogP) is 4.72. The van der Waals surface area contributed by atoms with Gasteiger partial charge in [0.15, 0.2) is 0 Å². The summed E-state index contributed by atoms with van der Waals surface area (Å²) in [5.41, 5.74) is 6.23. The maximum Gasteiger partial charge on any atom is 0.229 e. The fourth-order valence-electron chi connectivity index (χ4n) is 5.29. The van der Waals surface area contributed by atoms with Gasteiger partial charge in [-0.2, -0.15) is 4.98 Å². The molecule has 4 heterocycles. The summed E-state index contributed by atoms with van der Waals surface area (Å²) in [5.74, 6) is 1.94. The van der Waals surface area contributed by atoms with Crippen molar-refractivity contribution in [1.82, 2.24) is 24.8 Å². The SMILES string of the molecule is COc1cc2c(cc1Nc1ncc(Br)c(Nc3ccc4nccnc4c3P(C)C)n1)CCN2C1CN(C)C1. The molecule has 1 saturated heterocycles. The number of benzene rings is 2. The van der Waals surface area contributed by atoms with Crippen molar-refractivity contribution in [3.05, 3.63) is 52.9 Å². The largest absolute Gasteiger partial charge is 0.494 e. The Kier molecular flexibility index (Phi) is 6.80. The lowest BCUT2D eigenvalue weighted by Gasteiger charge is -2.43. The Morgan fingerprint density at radius 2 is 1.87 bits per heavy atom. The summed E-state index contributed by atoms with van der Waals surface area (Å²) < 4.78 is 6.56. The zero-order valence-corrected chi connectivity index (χ0v) is 24.3. The summed E-state index contributed by atoms with van der Waals surface area (Å²) in [6.07, 6.45) is 6.24. The molecule has 0 radical (unpaired) electrons. The summed E-state index contributed by atoms with van der Waals surface area (Å²) in [7, 11) is 3.42. The number of halogens is 1. The fraction of sp³-hybridized carbons (Fsp3) is 0.333. The summed E-state index contributed by atoms with van der Waals surface area (Å²) in [6.45, 7) is 7.69. The second-order valence-corrected chi connectivity index (χ2v) is 13.0. The lowest BCUT2D eigenvalue weighted by molar-refractivity contribution is 0.185. The highest BCUT2D eigenvalue weighted by molar-refractivity contribution is 9.10. The maximum atomic E-state index is 5.79. The Hall–Kier alpha value is -3.07. The van der Waals surface area contributed by atoms with Crippen molar-refractivity contribution < 1.29 is 4.74 Å². The molecule has 0 aliphatic carbocycles. The van der Waals surface area contributed by atoms with E-state index in [0.717, 1.165) is 64.0 Å². The third kappa shape index (κ3) is 4.65. The number of rotatable bonds is 7. The number of anilines is 5. The van der Waals surface area contributed by atoms with E-state index in [1.807, 2.05) is 12.1 Å². The molecule has 11 heteroatoms. The van der Waals surface area contributed by atoms with E-state index in [1.54, 1.807) is 25.7 Å². The number of hydrogen-bond donors (Lipinski definition) is 2. The quantitative estimate of drug-likeness (QED) is 0.296. The van der Waals surface area contributed by atoms with Crippen LogP contribution < -0.4 is 25.6 Å². The molecule has 38 heavy (non-hydrogen) atoms. The van der Waals surface area contributed by atoms with Crippen molar-refractivity contribution in [3.8, 4) is 5.75 Å². The average Bonchev–Trinajstić information content (AvgIpc) is 3.30. The number of aromatic nitrogens is 4.